The van der Waals surface area contributed by atoms with Crippen molar-refractivity contribution in [3.8, 4) is 27.8 Å². The number of fused-ring (bicyclic) bond motifs is 2. The standard InChI is InChI=1S/C27H30N2O5S/c1-3-31-26(30)11-14-29-13-5-6-20-22(29)7-4-8-23(20)32-15-12-21-18(2)35-27(28-21)19-9-10-24-25(16-19)34-17-33-24/h4,7-10,16H,3,5-6,11-15,17H2,1-2H3. The molecule has 184 valence electrons. The molecule has 0 fully saturated rings. The summed E-state index contributed by atoms with van der Waals surface area (Å²) in [6.07, 6.45) is 3.15. The number of anilines is 1. The van der Waals surface area contributed by atoms with E-state index in [0.717, 1.165) is 65.0 Å². The fourth-order valence-electron chi connectivity index (χ4n) is 4.57. The average Bonchev–Trinajstić information content (AvgIpc) is 3.49. The Kier molecular flexibility index (Phi) is 7.08. The number of hydrogen-bond acceptors (Lipinski definition) is 8. The summed E-state index contributed by atoms with van der Waals surface area (Å²) in [7, 11) is 0. The van der Waals surface area contributed by atoms with Crippen molar-refractivity contribution in [1.29, 1.82) is 0 Å². The van der Waals surface area contributed by atoms with Crippen LogP contribution in [0.1, 0.15) is 35.9 Å². The summed E-state index contributed by atoms with van der Waals surface area (Å²) in [5.41, 5.74) is 4.48. The molecule has 0 amide bonds. The van der Waals surface area contributed by atoms with Crippen molar-refractivity contribution in [3.05, 3.63) is 52.5 Å². The van der Waals surface area contributed by atoms with Crippen LogP contribution in [0.25, 0.3) is 10.6 Å². The number of thiazole rings is 1. The van der Waals surface area contributed by atoms with Crippen LogP contribution in [0, 0.1) is 6.92 Å². The second-order valence-corrected chi connectivity index (χ2v) is 9.79. The highest BCUT2D eigenvalue weighted by molar-refractivity contribution is 7.15. The minimum absolute atomic E-state index is 0.147. The topological polar surface area (TPSA) is 70.1 Å². The van der Waals surface area contributed by atoms with Crippen LogP contribution in [0.3, 0.4) is 0 Å². The van der Waals surface area contributed by atoms with Gasteiger partial charge >= 0.3 is 5.97 Å². The zero-order valence-electron chi connectivity index (χ0n) is 20.2. The molecule has 3 aromatic rings. The summed E-state index contributed by atoms with van der Waals surface area (Å²) in [5, 5.41) is 0.977. The molecule has 0 unspecified atom stereocenters. The molecular weight excluding hydrogens is 464 g/mol. The van der Waals surface area contributed by atoms with Gasteiger partial charge in [0.15, 0.2) is 11.5 Å². The van der Waals surface area contributed by atoms with Gasteiger partial charge in [0, 0.05) is 41.2 Å². The van der Waals surface area contributed by atoms with Crippen molar-refractivity contribution < 1.29 is 23.7 Å². The van der Waals surface area contributed by atoms with Crippen LogP contribution in [-0.2, 0) is 22.4 Å². The third-order valence-electron chi connectivity index (χ3n) is 6.30. The Morgan fingerprint density at radius 2 is 2.09 bits per heavy atom. The Morgan fingerprint density at radius 3 is 2.97 bits per heavy atom. The molecule has 0 saturated heterocycles. The fourth-order valence-corrected chi connectivity index (χ4v) is 5.52. The molecule has 1 aromatic heterocycles. The van der Waals surface area contributed by atoms with E-state index in [9.17, 15) is 4.79 Å². The molecule has 5 rings (SSSR count). The maximum absolute atomic E-state index is 11.8. The molecule has 0 atom stereocenters. The van der Waals surface area contributed by atoms with Crippen LogP contribution in [0.15, 0.2) is 36.4 Å². The lowest BCUT2D eigenvalue weighted by molar-refractivity contribution is -0.142. The second kappa shape index (κ2) is 10.6. The molecule has 3 heterocycles. The molecule has 2 aromatic carbocycles. The molecule has 8 heteroatoms. The lowest BCUT2D eigenvalue weighted by Crippen LogP contribution is -2.32. The van der Waals surface area contributed by atoms with E-state index >= 15 is 0 Å². The van der Waals surface area contributed by atoms with Crippen molar-refractivity contribution in [2.24, 2.45) is 0 Å². The van der Waals surface area contributed by atoms with E-state index in [0.29, 0.717) is 26.2 Å². The number of benzene rings is 2. The first-order chi connectivity index (χ1) is 17.1. The van der Waals surface area contributed by atoms with Gasteiger partial charge in [-0.1, -0.05) is 6.07 Å². The van der Waals surface area contributed by atoms with Crippen LogP contribution in [0.5, 0.6) is 17.2 Å². The minimum Gasteiger partial charge on any atom is -0.493 e. The number of rotatable bonds is 9. The Balaban J connectivity index is 1.22. The number of carbonyl (C=O) groups is 1. The Morgan fingerprint density at radius 1 is 1.20 bits per heavy atom. The monoisotopic (exact) mass is 494 g/mol. The maximum atomic E-state index is 11.8. The number of esters is 1. The number of hydrogen-bond donors (Lipinski definition) is 0. The van der Waals surface area contributed by atoms with Crippen molar-refractivity contribution in [2.75, 3.05) is 38.0 Å². The lowest BCUT2D eigenvalue weighted by atomic mass is 10.0. The quantitative estimate of drug-likeness (QED) is 0.380. The van der Waals surface area contributed by atoms with Gasteiger partial charge in [0.25, 0.3) is 0 Å². The van der Waals surface area contributed by atoms with Gasteiger partial charge in [0.2, 0.25) is 6.79 Å². The first-order valence-corrected chi connectivity index (χ1v) is 13.0. The summed E-state index contributed by atoms with van der Waals surface area (Å²) in [5.74, 6) is 2.32. The molecule has 0 spiro atoms. The van der Waals surface area contributed by atoms with E-state index < -0.39 is 0 Å². The van der Waals surface area contributed by atoms with Crippen LogP contribution in [0.4, 0.5) is 5.69 Å². The zero-order chi connectivity index (χ0) is 24.2. The summed E-state index contributed by atoms with van der Waals surface area (Å²) < 4.78 is 22.3. The van der Waals surface area contributed by atoms with Crippen LogP contribution >= 0.6 is 11.3 Å². The van der Waals surface area contributed by atoms with E-state index in [1.54, 1.807) is 11.3 Å². The zero-order valence-corrected chi connectivity index (χ0v) is 21.0. The minimum atomic E-state index is -0.147. The highest BCUT2D eigenvalue weighted by Crippen LogP contribution is 2.38. The third kappa shape index (κ3) is 5.22. The molecule has 0 bridgehead atoms. The summed E-state index contributed by atoms with van der Waals surface area (Å²) in [6, 6.07) is 12.1. The number of aromatic nitrogens is 1. The molecular formula is C27H30N2O5S. The van der Waals surface area contributed by atoms with Gasteiger partial charge in [0.1, 0.15) is 10.8 Å². The van der Waals surface area contributed by atoms with E-state index in [1.165, 1.54) is 10.4 Å². The third-order valence-corrected chi connectivity index (χ3v) is 7.37. The molecule has 0 N–H and O–H groups in total. The Labute approximate surface area is 209 Å². The van der Waals surface area contributed by atoms with Gasteiger partial charge in [-0.25, -0.2) is 4.98 Å². The average molecular weight is 495 g/mol. The van der Waals surface area contributed by atoms with Crippen molar-refractivity contribution in [2.45, 2.75) is 39.5 Å². The van der Waals surface area contributed by atoms with Gasteiger partial charge in [-0.2, -0.15) is 0 Å². The number of aryl methyl sites for hydroxylation is 1. The normalized spacial score (nSPS) is 14.1. The van der Waals surface area contributed by atoms with Gasteiger partial charge in [-0.05, 0) is 57.0 Å². The molecule has 2 aliphatic rings. The van der Waals surface area contributed by atoms with Gasteiger partial charge in [-0.3, -0.25) is 4.79 Å². The summed E-state index contributed by atoms with van der Waals surface area (Å²) >= 11 is 1.69. The predicted octanol–water partition coefficient (Wildman–Crippen LogP) is 5.17. The van der Waals surface area contributed by atoms with Crippen molar-refractivity contribution in [3.63, 3.8) is 0 Å². The summed E-state index contributed by atoms with van der Waals surface area (Å²) in [4.78, 5) is 20.2. The number of nitrogens with zero attached hydrogens (tertiary/aromatic N) is 2. The summed E-state index contributed by atoms with van der Waals surface area (Å²) in [6.45, 7) is 6.80. The number of carbonyl (C=O) groups excluding carboxylic acids is 1. The molecule has 0 radical (unpaired) electrons. The first kappa shape index (κ1) is 23.5. The van der Waals surface area contributed by atoms with E-state index in [-0.39, 0.29) is 12.8 Å². The SMILES string of the molecule is CCOC(=O)CCN1CCCc2c(OCCc3nc(-c4ccc5c(c4)OCO5)sc3C)cccc21. The van der Waals surface area contributed by atoms with Crippen molar-refractivity contribution >= 4 is 23.0 Å². The van der Waals surface area contributed by atoms with Crippen molar-refractivity contribution in [1.82, 2.24) is 4.98 Å². The van der Waals surface area contributed by atoms with Crippen LogP contribution in [0.2, 0.25) is 0 Å². The molecule has 35 heavy (non-hydrogen) atoms. The second-order valence-electron chi connectivity index (χ2n) is 8.59. The number of ether oxygens (including phenoxy) is 4. The smallest absolute Gasteiger partial charge is 0.307 e. The lowest BCUT2D eigenvalue weighted by Gasteiger charge is -2.32. The van der Waals surface area contributed by atoms with Crippen LogP contribution < -0.4 is 19.1 Å². The Hall–Kier alpha value is -3.26. The van der Waals surface area contributed by atoms with E-state index in [2.05, 4.69) is 17.9 Å². The van der Waals surface area contributed by atoms with Gasteiger partial charge < -0.3 is 23.8 Å². The van der Waals surface area contributed by atoms with Gasteiger partial charge in [0.05, 0.1) is 25.3 Å². The van der Waals surface area contributed by atoms with Crippen LogP contribution in [-0.4, -0.2) is 44.0 Å². The highest BCUT2D eigenvalue weighted by Gasteiger charge is 2.21. The predicted molar refractivity (Wildman–Crippen MR) is 136 cm³/mol. The molecule has 7 nitrogen and oxygen atoms in total. The molecule has 0 saturated carbocycles. The fraction of sp³-hybridized carbons (Fsp3) is 0.407. The first-order valence-electron chi connectivity index (χ1n) is 12.1. The molecule has 0 aliphatic carbocycles. The Bertz CT molecular complexity index is 1210. The van der Waals surface area contributed by atoms with Gasteiger partial charge in [-0.15, -0.1) is 11.3 Å². The maximum Gasteiger partial charge on any atom is 0.307 e. The highest BCUT2D eigenvalue weighted by atomic mass is 32.1. The largest absolute Gasteiger partial charge is 0.493 e. The molecule has 2 aliphatic heterocycles. The van der Waals surface area contributed by atoms with E-state index in [4.69, 9.17) is 23.9 Å². The van der Waals surface area contributed by atoms with E-state index in [1.807, 2.05) is 37.3 Å².